The Balaban J connectivity index is 2.50. The number of nitriles is 1. The Labute approximate surface area is 120 Å². The van der Waals surface area contributed by atoms with Gasteiger partial charge in [-0.3, -0.25) is 0 Å². The van der Waals surface area contributed by atoms with E-state index in [0.29, 0.717) is 28.5 Å². The summed E-state index contributed by atoms with van der Waals surface area (Å²) < 4.78 is 5.64. The summed E-state index contributed by atoms with van der Waals surface area (Å²) in [5.74, 6) is 0.609. The van der Waals surface area contributed by atoms with E-state index in [9.17, 15) is 0 Å². The van der Waals surface area contributed by atoms with Crippen LogP contribution in [-0.4, -0.2) is 11.6 Å². The normalized spacial score (nSPS) is 9.89. The van der Waals surface area contributed by atoms with Gasteiger partial charge in [0.15, 0.2) is 0 Å². The van der Waals surface area contributed by atoms with E-state index >= 15 is 0 Å². The van der Waals surface area contributed by atoms with Crippen LogP contribution in [0.25, 0.3) is 0 Å². The van der Waals surface area contributed by atoms with Crippen LogP contribution in [0.15, 0.2) is 18.2 Å². The van der Waals surface area contributed by atoms with Crippen LogP contribution in [0.5, 0.6) is 5.75 Å². The van der Waals surface area contributed by atoms with Crippen LogP contribution in [0.3, 0.4) is 0 Å². The Morgan fingerprint density at radius 3 is 2.68 bits per heavy atom. The Morgan fingerprint density at radius 1 is 1.32 bits per heavy atom. The molecule has 0 amide bonds. The highest BCUT2D eigenvalue weighted by atomic mass is 32.1. The first kappa shape index (κ1) is 15.5. The number of nitrogens with zero attached hydrogens (tertiary/aromatic N) is 1. The molecule has 0 saturated carbocycles. The number of hydrogen-bond acceptors (Lipinski definition) is 3. The van der Waals surface area contributed by atoms with E-state index in [1.54, 1.807) is 18.2 Å². The molecule has 2 N–H and O–H groups in total. The Hall–Kier alpha value is -1.60. The van der Waals surface area contributed by atoms with Crippen molar-refractivity contribution in [2.24, 2.45) is 5.73 Å². The van der Waals surface area contributed by atoms with Gasteiger partial charge >= 0.3 is 0 Å². The van der Waals surface area contributed by atoms with E-state index in [-0.39, 0.29) is 0 Å². The molecule has 0 radical (unpaired) electrons. The molecule has 0 heterocycles. The second kappa shape index (κ2) is 8.49. The van der Waals surface area contributed by atoms with Crippen molar-refractivity contribution in [3.05, 3.63) is 29.3 Å². The topological polar surface area (TPSA) is 59.0 Å². The van der Waals surface area contributed by atoms with Gasteiger partial charge in [-0.05, 0) is 24.6 Å². The zero-order chi connectivity index (χ0) is 14.1. The van der Waals surface area contributed by atoms with Gasteiger partial charge in [-0.15, -0.1) is 0 Å². The molecule has 0 saturated heterocycles. The third-order valence-electron chi connectivity index (χ3n) is 2.89. The summed E-state index contributed by atoms with van der Waals surface area (Å²) in [7, 11) is 0. The zero-order valence-corrected chi connectivity index (χ0v) is 12.1. The SMILES string of the molecule is CCCCCCCOc1ccc(C(N)=S)cc1C#N. The van der Waals surface area contributed by atoms with Crippen LogP contribution in [0.1, 0.15) is 50.2 Å². The van der Waals surface area contributed by atoms with Crippen LogP contribution in [0.2, 0.25) is 0 Å². The lowest BCUT2D eigenvalue weighted by molar-refractivity contribution is 0.304. The van der Waals surface area contributed by atoms with Crippen LogP contribution < -0.4 is 10.5 Å². The first-order valence-corrected chi connectivity index (χ1v) is 7.06. The molecular formula is C15H20N2OS. The van der Waals surface area contributed by atoms with Gasteiger partial charge in [0, 0.05) is 5.56 Å². The lowest BCUT2D eigenvalue weighted by atomic mass is 10.1. The molecule has 0 aliphatic heterocycles. The minimum absolute atomic E-state index is 0.294. The molecule has 0 aliphatic carbocycles. The van der Waals surface area contributed by atoms with Gasteiger partial charge in [0.1, 0.15) is 16.8 Å². The summed E-state index contributed by atoms with van der Waals surface area (Å²) in [5.41, 5.74) is 6.72. The third-order valence-corrected chi connectivity index (χ3v) is 3.13. The second-order valence-electron chi connectivity index (χ2n) is 4.45. The second-order valence-corrected chi connectivity index (χ2v) is 4.89. The largest absolute Gasteiger partial charge is 0.492 e. The number of hydrogen-bond donors (Lipinski definition) is 1. The molecule has 3 nitrogen and oxygen atoms in total. The fourth-order valence-corrected chi connectivity index (χ4v) is 1.91. The quantitative estimate of drug-likeness (QED) is 0.583. The van der Waals surface area contributed by atoms with Gasteiger partial charge in [0.05, 0.1) is 12.2 Å². The Morgan fingerprint density at radius 2 is 2.05 bits per heavy atom. The van der Waals surface area contributed by atoms with Crippen LogP contribution >= 0.6 is 12.2 Å². The molecule has 0 bridgehead atoms. The highest BCUT2D eigenvalue weighted by Crippen LogP contribution is 2.20. The molecule has 0 aliphatic rings. The minimum Gasteiger partial charge on any atom is -0.492 e. The van der Waals surface area contributed by atoms with Gasteiger partial charge < -0.3 is 10.5 Å². The molecule has 0 spiro atoms. The molecular weight excluding hydrogens is 256 g/mol. The van der Waals surface area contributed by atoms with E-state index in [2.05, 4.69) is 13.0 Å². The predicted molar refractivity (Wildman–Crippen MR) is 81.3 cm³/mol. The molecule has 0 unspecified atom stereocenters. The van der Waals surface area contributed by atoms with E-state index < -0.39 is 0 Å². The van der Waals surface area contributed by atoms with E-state index in [4.69, 9.17) is 28.0 Å². The van der Waals surface area contributed by atoms with Crippen molar-refractivity contribution < 1.29 is 4.74 Å². The molecule has 0 aromatic heterocycles. The highest BCUT2D eigenvalue weighted by Gasteiger charge is 2.06. The van der Waals surface area contributed by atoms with E-state index in [0.717, 1.165) is 6.42 Å². The van der Waals surface area contributed by atoms with Gasteiger partial charge in [-0.1, -0.05) is 44.8 Å². The minimum atomic E-state index is 0.294. The van der Waals surface area contributed by atoms with Crippen molar-refractivity contribution in [1.82, 2.24) is 0 Å². The van der Waals surface area contributed by atoms with Crippen LogP contribution in [0.4, 0.5) is 0 Å². The summed E-state index contributed by atoms with van der Waals surface area (Å²) in [6.07, 6.45) is 5.93. The third kappa shape index (κ3) is 5.27. The Kier molecular flexibility index (Phi) is 6.91. The molecule has 1 aromatic carbocycles. The molecule has 0 atom stereocenters. The standard InChI is InChI=1S/C15H20N2OS/c1-2-3-4-5-6-9-18-14-8-7-12(15(17)19)10-13(14)11-16/h7-8,10H,2-6,9H2,1H3,(H2,17,19). The zero-order valence-electron chi connectivity index (χ0n) is 11.3. The van der Waals surface area contributed by atoms with Crippen LogP contribution in [-0.2, 0) is 0 Å². The van der Waals surface area contributed by atoms with Gasteiger partial charge in [0.25, 0.3) is 0 Å². The predicted octanol–water partition coefficient (Wildman–Crippen LogP) is 3.54. The number of unbranched alkanes of at least 4 members (excludes halogenated alkanes) is 4. The lowest BCUT2D eigenvalue weighted by Crippen LogP contribution is -2.10. The van der Waals surface area contributed by atoms with Gasteiger partial charge in [-0.25, -0.2) is 0 Å². The first-order valence-electron chi connectivity index (χ1n) is 6.65. The number of rotatable bonds is 8. The van der Waals surface area contributed by atoms with Crippen molar-refractivity contribution in [3.8, 4) is 11.8 Å². The maximum atomic E-state index is 9.08. The average molecular weight is 276 g/mol. The smallest absolute Gasteiger partial charge is 0.137 e. The molecule has 102 valence electrons. The van der Waals surface area contributed by atoms with Crippen molar-refractivity contribution in [3.63, 3.8) is 0 Å². The number of thiocarbonyl (C=S) groups is 1. The van der Waals surface area contributed by atoms with E-state index in [1.807, 2.05) is 0 Å². The van der Waals surface area contributed by atoms with E-state index in [1.165, 1.54) is 25.7 Å². The maximum Gasteiger partial charge on any atom is 0.137 e. The number of benzene rings is 1. The Bertz CT molecular complexity index is 466. The summed E-state index contributed by atoms with van der Waals surface area (Å²) in [6.45, 7) is 2.84. The first-order chi connectivity index (χ1) is 9.19. The highest BCUT2D eigenvalue weighted by molar-refractivity contribution is 7.80. The van der Waals surface area contributed by atoms with Crippen LogP contribution in [0, 0.1) is 11.3 Å². The number of nitrogens with two attached hydrogens (primary N) is 1. The molecule has 1 aromatic rings. The van der Waals surface area contributed by atoms with Crippen molar-refractivity contribution >= 4 is 17.2 Å². The lowest BCUT2D eigenvalue weighted by Gasteiger charge is -2.09. The summed E-state index contributed by atoms with van der Waals surface area (Å²) in [5, 5.41) is 9.08. The molecule has 1 rings (SSSR count). The molecule has 19 heavy (non-hydrogen) atoms. The summed E-state index contributed by atoms with van der Waals surface area (Å²) >= 11 is 4.89. The monoisotopic (exact) mass is 276 g/mol. The summed E-state index contributed by atoms with van der Waals surface area (Å²) in [6, 6.07) is 7.34. The van der Waals surface area contributed by atoms with Gasteiger partial charge in [0.2, 0.25) is 0 Å². The molecule has 0 fully saturated rings. The summed E-state index contributed by atoms with van der Waals surface area (Å²) in [4.78, 5) is 0.294. The molecule has 4 heteroatoms. The fraction of sp³-hybridized carbons (Fsp3) is 0.467. The number of ether oxygens (including phenoxy) is 1. The average Bonchev–Trinajstić information content (AvgIpc) is 2.42. The maximum absolute atomic E-state index is 9.08. The van der Waals surface area contributed by atoms with Crippen molar-refractivity contribution in [2.45, 2.75) is 39.0 Å². The fourth-order valence-electron chi connectivity index (χ4n) is 1.78. The van der Waals surface area contributed by atoms with Crippen molar-refractivity contribution in [1.29, 1.82) is 5.26 Å². The van der Waals surface area contributed by atoms with Gasteiger partial charge in [-0.2, -0.15) is 5.26 Å². The van der Waals surface area contributed by atoms with Crippen molar-refractivity contribution in [2.75, 3.05) is 6.61 Å².